The average Bonchev–Trinajstić information content (AvgIpc) is 3.48. The van der Waals surface area contributed by atoms with Gasteiger partial charge in [0.2, 0.25) is 0 Å². The Hall–Kier alpha value is -8.30. The van der Waals surface area contributed by atoms with Gasteiger partial charge >= 0.3 is 35.8 Å². The van der Waals surface area contributed by atoms with Crippen LogP contribution in [0.15, 0.2) is 146 Å². The van der Waals surface area contributed by atoms with Crippen molar-refractivity contribution in [3.8, 4) is 34.5 Å². The standard InChI is InChI=1S/C66H75N2O13/c1-4-5-6-7-10-13-16-49-17-19-50(20-18-49)63(71)80-59-37-39-60(40-38-59)81-64(72)51-21-29-55(30-22-51)75-47-14-11-8-9-12-15-48-76-61(69)41-42-62(70)77-56-31-23-52(24-32-56)65(73)78-57-33-25-53(26-34-57)66(74)79-58-35-27-54(28-36-58)67-43-45-68(2,3)46-44-67/h17-40H,4-16,41-48H2,1-3H3/q+1. The molecule has 0 spiro atoms. The van der Waals surface area contributed by atoms with E-state index in [-0.39, 0.29) is 36.5 Å². The molecule has 81 heavy (non-hydrogen) atoms. The van der Waals surface area contributed by atoms with E-state index in [0.717, 1.165) is 81.3 Å². The lowest BCUT2D eigenvalue weighted by molar-refractivity contribution is -0.890. The lowest BCUT2D eigenvalue weighted by atomic mass is 10.0. The Balaban J connectivity index is 0.677. The highest BCUT2D eigenvalue weighted by molar-refractivity contribution is 5.93. The lowest BCUT2D eigenvalue weighted by Crippen LogP contribution is -2.54. The van der Waals surface area contributed by atoms with E-state index < -0.39 is 35.8 Å². The normalized spacial score (nSPS) is 12.7. The van der Waals surface area contributed by atoms with Crippen LogP contribution in [-0.2, 0) is 20.7 Å². The van der Waals surface area contributed by atoms with Gasteiger partial charge in [-0.1, -0.05) is 76.8 Å². The molecule has 0 radical (unpaired) electrons. The monoisotopic (exact) mass is 1100 g/mol. The van der Waals surface area contributed by atoms with Crippen LogP contribution in [0.5, 0.6) is 34.5 Å². The number of esters is 6. The first-order chi connectivity index (χ1) is 39.3. The van der Waals surface area contributed by atoms with Crippen molar-refractivity contribution in [1.29, 1.82) is 0 Å². The van der Waals surface area contributed by atoms with Crippen LogP contribution in [0.2, 0.25) is 0 Å². The molecule has 1 fully saturated rings. The second-order valence-corrected chi connectivity index (χ2v) is 20.8. The van der Waals surface area contributed by atoms with Crippen molar-refractivity contribution in [3.05, 3.63) is 173 Å². The third-order valence-electron chi connectivity index (χ3n) is 13.9. The van der Waals surface area contributed by atoms with Crippen molar-refractivity contribution in [1.82, 2.24) is 0 Å². The summed E-state index contributed by atoms with van der Waals surface area (Å²) in [5.41, 5.74) is 3.64. The zero-order valence-electron chi connectivity index (χ0n) is 46.9. The maximum absolute atomic E-state index is 12.8. The van der Waals surface area contributed by atoms with Crippen LogP contribution in [0.4, 0.5) is 5.69 Å². The first kappa shape index (κ1) is 60.3. The van der Waals surface area contributed by atoms with Gasteiger partial charge in [0.05, 0.1) is 88.6 Å². The van der Waals surface area contributed by atoms with E-state index >= 15 is 0 Å². The fourth-order valence-corrected chi connectivity index (χ4v) is 8.90. The maximum atomic E-state index is 12.8. The van der Waals surface area contributed by atoms with Crippen LogP contribution in [0.25, 0.3) is 0 Å². The smallest absolute Gasteiger partial charge is 0.343 e. The van der Waals surface area contributed by atoms with Gasteiger partial charge in [0.25, 0.3) is 0 Å². The number of likely N-dealkylation sites (N-methyl/N-ethyl adjacent to an activating group) is 1. The third-order valence-corrected chi connectivity index (χ3v) is 13.9. The molecular formula is C66H75N2O13+. The van der Waals surface area contributed by atoms with Gasteiger partial charge < -0.3 is 42.5 Å². The topological polar surface area (TPSA) is 170 Å². The molecule has 0 aromatic heterocycles. The van der Waals surface area contributed by atoms with Crippen molar-refractivity contribution in [2.24, 2.45) is 0 Å². The minimum atomic E-state index is -0.643. The van der Waals surface area contributed by atoms with E-state index in [0.29, 0.717) is 52.7 Å². The number of nitrogens with zero attached hydrogens (tertiary/aromatic N) is 2. The molecule has 15 nitrogen and oxygen atoms in total. The number of carbonyl (C=O) groups is 6. The predicted molar refractivity (Wildman–Crippen MR) is 309 cm³/mol. The summed E-state index contributed by atoms with van der Waals surface area (Å²) in [6.45, 7) is 7.06. The largest absolute Gasteiger partial charge is 0.494 e. The molecule has 1 saturated heterocycles. The lowest BCUT2D eigenvalue weighted by Gasteiger charge is -2.40. The Kier molecular flexibility index (Phi) is 23.5. The van der Waals surface area contributed by atoms with Crippen LogP contribution in [0.3, 0.4) is 0 Å². The van der Waals surface area contributed by atoms with Crippen LogP contribution in [0, 0.1) is 0 Å². The fraction of sp³-hybridized carbons (Fsp3) is 0.364. The number of anilines is 1. The van der Waals surface area contributed by atoms with Crippen LogP contribution < -0.4 is 33.3 Å². The second kappa shape index (κ2) is 31.5. The molecule has 0 aliphatic carbocycles. The fourth-order valence-electron chi connectivity index (χ4n) is 8.90. The molecule has 0 amide bonds. The van der Waals surface area contributed by atoms with Gasteiger partial charge in [-0.3, -0.25) is 9.59 Å². The molecule has 1 aliphatic heterocycles. The van der Waals surface area contributed by atoms with Crippen molar-refractivity contribution in [3.63, 3.8) is 0 Å². The third kappa shape index (κ3) is 20.7. The summed E-state index contributed by atoms with van der Waals surface area (Å²) in [5, 5.41) is 0. The molecule has 1 aliphatic rings. The van der Waals surface area contributed by atoms with Crippen LogP contribution in [-0.4, -0.2) is 93.8 Å². The van der Waals surface area contributed by atoms with E-state index in [9.17, 15) is 28.8 Å². The highest BCUT2D eigenvalue weighted by atomic mass is 16.6. The number of quaternary nitrogens is 1. The predicted octanol–water partition coefficient (Wildman–Crippen LogP) is 13.0. The van der Waals surface area contributed by atoms with E-state index in [1.807, 2.05) is 24.3 Å². The first-order valence-corrected chi connectivity index (χ1v) is 28.3. The molecule has 426 valence electrons. The minimum Gasteiger partial charge on any atom is -0.494 e. The number of hydrogen-bond donors (Lipinski definition) is 0. The van der Waals surface area contributed by atoms with E-state index in [2.05, 4.69) is 25.9 Å². The highest BCUT2D eigenvalue weighted by Crippen LogP contribution is 2.25. The maximum Gasteiger partial charge on any atom is 0.343 e. The zero-order valence-corrected chi connectivity index (χ0v) is 46.9. The van der Waals surface area contributed by atoms with Gasteiger partial charge in [-0.15, -0.1) is 0 Å². The summed E-state index contributed by atoms with van der Waals surface area (Å²) in [6, 6.07) is 40.0. The van der Waals surface area contributed by atoms with Crippen molar-refractivity contribution in [2.45, 2.75) is 103 Å². The number of rotatable bonds is 30. The molecule has 0 N–H and O–H groups in total. The molecule has 0 atom stereocenters. The Morgan fingerprint density at radius 1 is 0.395 bits per heavy atom. The van der Waals surface area contributed by atoms with Gasteiger partial charge in [0.1, 0.15) is 34.5 Å². The summed E-state index contributed by atoms with van der Waals surface area (Å²) in [7, 11) is 4.46. The molecule has 0 bridgehead atoms. The molecule has 0 unspecified atom stereocenters. The van der Waals surface area contributed by atoms with E-state index in [1.54, 1.807) is 72.8 Å². The van der Waals surface area contributed by atoms with E-state index in [1.165, 1.54) is 86.2 Å². The van der Waals surface area contributed by atoms with Gasteiger partial charge in [0.15, 0.2) is 0 Å². The van der Waals surface area contributed by atoms with Gasteiger partial charge in [0, 0.05) is 5.69 Å². The second-order valence-electron chi connectivity index (χ2n) is 20.8. The number of carbonyl (C=O) groups excluding carboxylic acids is 6. The molecule has 7 rings (SSSR count). The van der Waals surface area contributed by atoms with Gasteiger partial charge in [-0.05, 0) is 165 Å². The number of ether oxygens (including phenoxy) is 7. The minimum absolute atomic E-state index is 0.122. The molecule has 6 aromatic rings. The highest BCUT2D eigenvalue weighted by Gasteiger charge is 2.25. The molecule has 15 heteroatoms. The summed E-state index contributed by atoms with van der Waals surface area (Å²) in [6.07, 6.45) is 13.5. The number of hydrogen-bond acceptors (Lipinski definition) is 14. The summed E-state index contributed by atoms with van der Waals surface area (Å²) in [4.78, 5) is 78.2. The Bertz CT molecular complexity index is 2950. The Labute approximate surface area is 475 Å². The molecule has 6 aromatic carbocycles. The summed E-state index contributed by atoms with van der Waals surface area (Å²) >= 11 is 0. The Morgan fingerprint density at radius 3 is 1.22 bits per heavy atom. The Morgan fingerprint density at radius 2 is 0.753 bits per heavy atom. The molecule has 1 heterocycles. The number of unbranched alkanes of at least 4 members (excludes halogenated alkanes) is 10. The molecular weight excluding hydrogens is 1030 g/mol. The summed E-state index contributed by atoms with van der Waals surface area (Å²) < 4.78 is 39.6. The molecule has 0 saturated carbocycles. The first-order valence-electron chi connectivity index (χ1n) is 28.3. The van der Waals surface area contributed by atoms with Gasteiger partial charge in [-0.2, -0.15) is 0 Å². The van der Waals surface area contributed by atoms with Crippen LogP contribution >= 0.6 is 0 Å². The van der Waals surface area contributed by atoms with E-state index in [4.69, 9.17) is 33.2 Å². The van der Waals surface area contributed by atoms with Crippen molar-refractivity contribution in [2.75, 3.05) is 58.4 Å². The number of aryl methyl sites for hydroxylation is 1. The van der Waals surface area contributed by atoms with Crippen LogP contribution in [0.1, 0.15) is 144 Å². The van der Waals surface area contributed by atoms with Crippen molar-refractivity contribution >= 4 is 41.5 Å². The zero-order chi connectivity index (χ0) is 57.2. The van der Waals surface area contributed by atoms with Gasteiger partial charge in [-0.25, -0.2) is 19.2 Å². The summed E-state index contributed by atoms with van der Waals surface area (Å²) in [5.74, 6) is -1.08. The average molecular weight is 1100 g/mol. The SMILES string of the molecule is CCCCCCCCc1ccc(C(=O)Oc2ccc(OC(=O)c3ccc(OCCCCCCCCOC(=O)CCC(=O)Oc4ccc(C(=O)Oc5ccc(C(=O)Oc6ccc(N7CC[N+](C)(C)CC7)cc6)cc5)cc4)cc3)cc2)cc1. The number of benzene rings is 6. The van der Waals surface area contributed by atoms with Crippen molar-refractivity contribution < 1.29 is 66.4 Å². The number of piperazine rings is 1. The quantitative estimate of drug-likeness (QED) is 0.0181.